The van der Waals surface area contributed by atoms with Gasteiger partial charge in [0.05, 0.1) is 18.8 Å². The predicted molar refractivity (Wildman–Crippen MR) is 107 cm³/mol. The van der Waals surface area contributed by atoms with Gasteiger partial charge in [0, 0.05) is 11.6 Å². The lowest BCUT2D eigenvalue weighted by Gasteiger charge is -2.47. The average Bonchev–Trinajstić information content (AvgIpc) is 3.22. The summed E-state index contributed by atoms with van der Waals surface area (Å²) >= 11 is 0. The van der Waals surface area contributed by atoms with E-state index in [1.54, 1.807) is 48.5 Å². The molecular weight excluding hydrogens is 430 g/mol. The first kappa shape index (κ1) is 21.8. The highest BCUT2D eigenvalue weighted by Gasteiger charge is 2.69. The van der Waals surface area contributed by atoms with Crippen molar-refractivity contribution in [2.24, 2.45) is 5.92 Å². The Kier molecular flexibility index (Phi) is 5.41. The maximum Gasteiger partial charge on any atom is 0.354 e. The first-order valence-corrected chi connectivity index (χ1v) is 9.65. The van der Waals surface area contributed by atoms with Crippen LogP contribution >= 0.6 is 0 Å². The number of alkyl halides is 4. The lowest BCUT2D eigenvalue weighted by atomic mass is 9.79. The summed E-state index contributed by atoms with van der Waals surface area (Å²) in [6, 6.07) is 16.6. The zero-order valence-electron chi connectivity index (χ0n) is 16.8. The van der Waals surface area contributed by atoms with Gasteiger partial charge in [-0.1, -0.05) is 60.7 Å². The second-order valence-corrected chi connectivity index (χ2v) is 7.40. The SMILES string of the molecule is COC(=O)C1C(c2ccccc2)n2nc(-c3ccccc3)cc2NC1(O)C(F)(F)C(F)F. The molecule has 0 saturated heterocycles. The van der Waals surface area contributed by atoms with Crippen LogP contribution in [-0.4, -0.2) is 46.0 Å². The molecule has 0 aliphatic carbocycles. The molecule has 2 heterocycles. The van der Waals surface area contributed by atoms with Crippen molar-refractivity contribution in [2.45, 2.75) is 24.1 Å². The lowest BCUT2D eigenvalue weighted by Crippen LogP contribution is -2.68. The van der Waals surface area contributed by atoms with Gasteiger partial charge in [-0.05, 0) is 5.56 Å². The molecule has 168 valence electrons. The highest BCUT2D eigenvalue weighted by molar-refractivity contribution is 5.78. The van der Waals surface area contributed by atoms with Gasteiger partial charge in [-0.3, -0.25) is 4.79 Å². The maximum atomic E-state index is 14.8. The van der Waals surface area contributed by atoms with Crippen molar-refractivity contribution in [1.29, 1.82) is 0 Å². The van der Waals surface area contributed by atoms with Crippen LogP contribution in [0, 0.1) is 5.92 Å². The zero-order chi connectivity index (χ0) is 23.1. The number of hydrogen-bond donors (Lipinski definition) is 2. The number of esters is 1. The molecule has 3 unspecified atom stereocenters. The van der Waals surface area contributed by atoms with Crippen LogP contribution in [0.1, 0.15) is 11.6 Å². The normalized spacial score (nSPS) is 22.8. The summed E-state index contributed by atoms with van der Waals surface area (Å²) in [6.07, 6.45) is -4.26. The van der Waals surface area contributed by atoms with Gasteiger partial charge < -0.3 is 15.2 Å². The van der Waals surface area contributed by atoms with Crippen LogP contribution in [-0.2, 0) is 9.53 Å². The number of halogens is 4. The lowest BCUT2D eigenvalue weighted by molar-refractivity contribution is -0.257. The number of benzene rings is 2. The minimum atomic E-state index is -5.00. The molecule has 3 atom stereocenters. The van der Waals surface area contributed by atoms with Crippen LogP contribution < -0.4 is 5.32 Å². The van der Waals surface area contributed by atoms with Gasteiger partial charge in [0.25, 0.3) is 0 Å². The zero-order valence-corrected chi connectivity index (χ0v) is 16.8. The number of aliphatic hydroxyl groups is 1. The predicted octanol–water partition coefficient (Wildman–Crippen LogP) is 3.94. The summed E-state index contributed by atoms with van der Waals surface area (Å²) in [5, 5.41) is 17.5. The van der Waals surface area contributed by atoms with E-state index < -0.39 is 36.0 Å². The van der Waals surface area contributed by atoms with Gasteiger partial charge in [-0.25, -0.2) is 13.5 Å². The monoisotopic (exact) mass is 449 g/mol. The molecule has 1 aromatic heterocycles. The van der Waals surface area contributed by atoms with E-state index in [0.717, 1.165) is 7.11 Å². The molecule has 10 heteroatoms. The summed E-state index contributed by atoms with van der Waals surface area (Å²) in [7, 11) is 0.930. The van der Waals surface area contributed by atoms with Crippen molar-refractivity contribution in [1.82, 2.24) is 9.78 Å². The van der Waals surface area contributed by atoms with E-state index in [4.69, 9.17) is 0 Å². The molecule has 0 amide bonds. The van der Waals surface area contributed by atoms with Crippen molar-refractivity contribution in [3.05, 3.63) is 72.3 Å². The Bertz CT molecular complexity index is 1110. The molecule has 32 heavy (non-hydrogen) atoms. The van der Waals surface area contributed by atoms with E-state index in [2.05, 4.69) is 15.2 Å². The Labute approximate surface area is 180 Å². The van der Waals surface area contributed by atoms with E-state index in [-0.39, 0.29) is 5.82 Å². The first-order valence-electron chi connectivity index (χ1n) is 9.65. The molecule has 0 radical (unpaired) electrons. The van der Waals surface area contributed by atoms with Crippen molar-refractivity contribution in [3.8, 4) is 11.3 Å². The Morgan fingerprint density at radius 2 is 1.75 bits per heavy atom. The number of aromatic nitrogens is 2. The largest absolute Gasteiger partial charge is 0.469 e. The number of carbonyl (C=O) groups is 1. The molecule has 0 saturated carbocycles. The van der Waals surface area contributed by atoms with E-state index in [1.165, 1.54) is 22.9 Å². The Balaban J connectivity index is 1.98. The number of hydrogen-bond acceptors (Lipinski definition) is 5. The van der Waals surface area contributed by atoms with Crippen LogP contribution in [0.2, 0.25) is 0 Å². The summed E-state index contributed by atoms with van der Waals surface area (Å²) in [5.41, 5.74) is -2.39. The van der Waals surface area contributed by atoms with Gasteiger partial charge in [0.1, 0.15) is 11.7 Å². The first-order chi connectivity index (χ1) is 15.2. The smallest absolute Gasteiger partial charge is 0.354 e. The van der Waals surface area contributed by atoms with Gasteiger partial charge in [0.15, 0.2) is 0 Å². The number of fused-ring (bicyclic) bond motifs is 1. The average molecular weight is 449 g/mol. The van der Waals surface area contributed by atoms with E-state index in [9.17, 15) is 27.5 Å². The summed E-state index contributed by atoms with van der Waals surface area (Å²) in [4.78, 5) is 12.7. The van der Waals surface area contributed by atoms with Crippen molar-refractivity contribution < 1.29 is 32.2 Å². The van der Waals surface area contributed by atoms with E-state index >= 15 is 0 Å². The van der Waals surface area contributed by atoms with Crippen LogP contribution in [0.4, 0.5) is 23.4 Å². The second kappa shape index (κ2) is 7.94. The Morgan fingerprint density at radius 3 is 2.31 bits per heavy atom. The second-order valence-electron chi connectivity index (χ2n) is 7.40. The summed E-state index contributed by atoms with van der Waals surface area (Å²) < 4.78 is 62.3. The Hall–Kier alpha value is -3.40. The molecule has 6 nitrogen and oxygen atoms in total. The molecule has 1 aliphatic rings. The minimum Gasteiger partial charge on any atom is -0.469 e. The van der Waals surface area contributed by atoms with Gasteiger partial charge in [-0.15, -0.1) is 0 Å². The molecule has 1 aliphatic heterocycles. The van der Waals surface area contributed by atoms with Crippen molar-refractivity contribution in [2.75, 3.05) is 12.4 Å². The fraction of sp³-hybridized carbons (Fsp3) is 0.273. The van der Waals surface area contributed by atoms with Gasteiger partial charge in [0.2, 0.25) is 5.72 Å². The van der Waals surface area contributed by atoms with Crippen molar-refractivity contribution in [3.63, 3.8) is 0 Å². The summed E-state index contributed by atoms with van der Waals surface area (Å²) in [6.45, 7) is 0. The molecule has 0 bridgehead atoms. The third kappa shape index (κ3) is 3.31. The van der Waals surface area contributed by atoms with Gasteiger partial charge in [-0.2, -0.15) is 13.9 Å². The van der Waals surface area contributed by atoms with E-state index in [1.807, 2.05) is 0 Å². The van der Waals surface area contributed by atoms with Crippen LogP contribution in [0.15, 0.2) is 66.7 Å². The topological polar surface area (TPSA) is 76.4 Å². The van der Waals surface area contributed by atoms with Gasteiger partial charge >= 0.3 is 18.3 Å². The highest BCUT2D eigenvalue weighted by atomic mass is 19.3. The number of nitrogens with one attached hydrogen (secondary N) is 1. The number of carbonyl (C=O) groups excluding carboxylic acids is 1. The van der Waals surface area contributed by atoms with Crippen molar-refractivity contribution >= 4 is 11.8 Å². The quantitative estimate of drug-likeness (QED) is 0.456. The van der Waals surface area contributed by atoms with Crippen LogP contribution in [0.25, 0.3) is 11.3 Å². The molecule has 2 aromatic carbocycles. The molecule has 0 spiro atoms. The standard InChI is InChI=1S/C22H19F4N3O3/c1-32-19(30)17-18(14-10-6-3-7-11-14)29-16(27-22(17,31)21(25,26)20(23)24)12-15(28-29)13-8-4-2-5-9-13/h2-12,17-18,20,27,31H,1H3. The molecule has 3 aromatic rings. The number of anilines is 1. The molecular formula is C22H19F4N3O3. The number of methoxy groups -OCH3 is 1. The number of nitrogens with zero attached hydrogens (tertiary/aromatic N) is 2. The maximum absolute atomic E-state index is 14.8. The van der Waals surface area contributed by atoms with Crippen LogP contribution in [0.5, 0.6) is 0 Å². The molecule has 0 fully saturated rings. The highest BCUT2D eigenvalue weighted by Crippen LogP contribution is 2.50. The fourth-order valence-electron chi connectivity index (χ4n) is 3.96. The Morgan fingerprint density at radius 1 is 1.16 bits per heavy atom. The minimum absolute atomic E-state index is 0.152. The fourth-order valence-corrected chi connectivity index (χ4v) is 3.96. The number of rotatable bonds is 5. The number of ether oxygens (including phenoxy) is 1. The molecule has 2 N–H and O–H groups in total. The van der Waals surface area contributed by atoms with E-state index in [0.29, 0.717) is 16.8 Å². The molecule has 4 rings (SSSR count). The summed E-state index contributed by atoms with van der Waals surface area (Å²) in [5.74, 6) is -8.59. The third-order valence-corrected chi connectivity index (χ3v) is 5.53. The third-order valence-electron chi connectivity index (χ3n) is 5.53. The van der Waals surface area contributed by atoms with Crippen LogP contribution in [0.3, 0.4) is 0 Å².